The third-order valence-corrected chi connectivity index (χ3v) is 6.35. The van der Waals surface area contributed by atoms with Crippen LogP contribution in [0.4, 0.5) is 10.5 Å². The topological polar surface area (TPSA) is 56.8 Å². The molecule has 0 unspecified atom stereocenters. The molecular formula is C31H40N4O2. The summed E-state index contributed by atoms with van der Waals surface area (Å²) in [5, 5.41) is 6.23. The number of carbonyl (C=O) groups is 1. The Bertz CT molecular complexity index is 1060. The third-order valence-electron chi connectivity index (χ3n) is 6.35. The normalized spacial score (nSPS) is 10.9. The van der Waals surface area contributed by atoms with Crippen LogP contribution in [0.25, 0.3) is 0 Å². The fourth-order valence-corrected chi connectivity index (χ4v) is 4.42. The number of methoxy groups -OCH3 is 1. The minimum absolute atomic E-state index is 0.146. The van der Waals surface area contributed by atoms with Crippen LogP contribution >= 0.6 is 0 Å². The summed E-state index contributed by atoms with van der Waals surface area (Å²) >= 11 is 0. The van der Waals surface area contributed by atoms with Gasteiger partial charge in [0.15, 0.2) is 0 Å². The van der Waals surface area contributed by atoms with Gasteiger partial charge in [-0.25, -0.2) is 4.79 Å². The van der Waals surface area contributed by atoms with E-state index in [4.69, 9.17) is 4.74 Å². The SMILES string of the molecule is C=C(CN(C)CCNC)CN(CCC(c1ccccc1)c1ccccc1)C(=O)Nc1cccc(OC)c1. The molecule has 2 N–H and O–H groups in total. The van der Waals surface area contributed by atoms with E-state index in [1.807, 2.05) is 48.3 Å². The molecule has 3 aromatic rings. The quantitative estimate of drug-likeness (QED) is 0.289. The zero-order chi connectivity index (χ0) is 26.5. The fourth-order valence-electron chi connectivity index (χ4n) is 4.42. The Morgan fingerprint density at radius 1 is 0.919 bits per heavy atom. The molecule has 3 aromatic carbocycles. The number of nitrogens with one attached hydrogen (secondary N) is 2. The number of benzene rings is 3. The summed E-state index contributed by atoms with van der Waals surface area (Å²) in [6.45, 7) is 7.91. The van der Waals surface area contributed by atoms with Crippen LogP contribution in [-0.4, -0.2) is 69.8 Å². The van der Waals surface area contributed by atoms with E-state index in [1.54, 1.807) is 7.11 Å². The molecule has 196 valence electrons. The lowest BCUT2D eigenvalue weighted by molar-refractivity contribution is 0.213. The average Bonchev–Trinajstić information content (AvgIpc) is 2.92. The maximum Gasteiger partial charge on any atom is 0.322 e. The Kier molecular flexibility index (Phi) is 11.2. The molecular weight excluding hydrogens is 460 g/mol. The second kappa shape index (κ2) is 14.8. The molecule has 0 saturated carbocycles. The van der Waals surface area contributed by atoms with E-state index >= 15 is 0 Å². The average molecular weight is 501 g/mol. The highest BCUT2D eigenvalue weighted by molar-refractivity contribution is 5.89. The Morgan fingerprint density at radius 3 is 2.16 bits per heavy atom. The van der Waals surface area contributed by atoms with Crippen molar-refractivity contribution in [2.24, 2.45) is 0 Å². The van der Waals surface area contributed by atoms with Gasteiger partial charge >= 0.3 is 6.03 Å². The van der Waals surface area contributed by atoms with Crippen LogP contribution in [0.5, 0.6) is 5.75 Å². The lowest BCUT2D eigenvalue weighted by Crippen LogP contribution is -2.39. The molecule has 0 aliphatic carbocycles. The first-order chi connectivity index (χ1) is 18.0. The van der Waals surface area contributed by atoms with Crippen molar-refractivity contribution in [1.82, 2.24) is 15.1 Å². The van der Waals surface area contributed by atoms with Crippen LogP contribution in [0.15, 0.2) is 97.1 Å². The van der Waals surface area contributed by atoms with Crippen molar-refractivity contribution in [3.63, 3.8) is 0 Å². The third kappa shape index (κ3) is 9.08. The molecule has 0 aliphatic heterocycles. The smallest absolute Gasteiger partial charge is 0.322 e. The van der Waals surface area contributed by atoms with Crippen molar-refractivity contribution in [2.75, 3.05) is 59.2 Å². The molecule has 3 rings (SSSR count). The summed E-state index contributed by atoms with van der Waals surface area (Å²) in [7, 11) is 5.64. The van der Waals surface area contributed by atoms with Crippen LogP contribution in [0.3, 0.4) is 0 Å². The predicted octanol–water partition coefficient (Wildman–Crippen LogP) is 5.46. The number of ether oxygens (including phenoxy) is 1. The second-order valence-corrected chi connectivity index (χ2v) is 9.34. The molecule has 0 spiro atoms. The first kappa shape index (κ1) is 28.0. The highest BCUT2D eigenvalue weighted by atomic mass is 16.5. The van der Waals surface area contributed by atoms with Crippen molar-refractivity contribution in [2.45, 2.75) is 12.3 Å². The van der Waals surface area contributed by atoms with Crippen LogP contribution in [0.1, 0.15) is 23.5 Å². The van der Waals surface area contributed by atoms with Crippen LogP contribution in [-0.2, 0) is 0 Å². The van der Waals surface area contributed by atoms with Crippen LogP contribution in [0.2, 0.25) is 0 Å². The van der Waals surface area contributed by atoms with Crippen molar-refractivity contribution in [3.8, 4) is 5.75 Å². The van der Waals surface area contributed by atoms with Crippen LogP contribution < -0.4 is 15.4 Å². The van der Waals surface area contributed by atoms with Gasteiger partial charge in [-0.1, -0.05) is 73.3 Å². The van der Waals surface area contributed by atoms with Gasteiger partial charge in [-0.05, 0) is 49.3 Å². The van der Waals surface area contributed by atoms with Gasteiger partial charge in [0.25, 0.3) is 0 Å². The Morgan fingerprint density at radius 2 is 1.57 bits per heavy atom. The van der Waals surface area contributed by atoms with Gasteiger partial charge in [-0.3, -0.25) is 0 Å². The molecule has 2 amide bonds. The number of urea groups is 1. The van der Waals surface area contributed by atoms with Crippen molar-refractivity contribution in [3.05, 3.63) is 108 Å². The number of carbonyl (C=O) groups excluding carboxylic acids is 1. The number of hydrogen-bond donors (Lipinski definition) is 2. The van der Waals surface area contributed by atoms with Crippen LogP contribution in [0, 0.1) is 0 Å². The zero-order valence-corrected chi connectivity index (χ0v) is 22.3. The standard InChI is InChI=1S/C31H40N4O2/c1-25(23-34(3)21-19-32-2)24-35(31(36)33-28-16-11-17-29(22-28)37-4)20-18-30(26-12-7-5-8-13-26)27-14-9-6-10-15-27/h5-17,22,30,32H,1,18-21,23-24H2,2-4H3,(H,33,36). The Hall–Kier alpha value is -3.61. The van der Waals surface area contributed by atoms with Gasteiger partial charge in [0.2, 0.25) is 0 Å². The van der Waals surface area contributed by atoms with E-state index in [-0.39, 0.29) is 11.9 Å². The number of nitrogens with zero attached hydrogens (tertiary/aromatic N) is 2. The molecule has 37 heavy (non-hydrogen) atoms. The highest BCUT2D eigenvalue weighted by Gasteiger charge is 2.20. The van der Waals surface area contributed by atoms with Gasteiger partial charge in [0, 0.05) is 50.4 Å². The number of anilines is 1. The van der Waals surface area contributed by atoms with E-state index in [0.29, 0.717) is 24.5 Å². The molecule has 0 aliphatic rings. The van der Waals surface area contributed by atoms with Gasteiger partial charge in [0.05, 0.1) is 7.11 Å². The number of hydrogen-bond acceptors (Lipinski definition) is 4. The number of amides is 2. The second-order valence-electron chi connectivity index (χ2n) is 9.34. The largest absolute Gasteiger partial charge is 0.497 e. The van der Waals surface area contributed by atoms with E-state index in [2.05, 4.69) is 77.7 Å². The van der Waals surface area contributed by atoms with Crippen molar-refractivity contribution >= 4 is 11.7 Å². The summed E-state index contributed by atoms with van der Waals surface area (Å²) in [6, 6.07) is 28.3. The molecule has 6 nitrogen and oxygen atoms in total. The molecule has 6 heteroatoms. The van der Waals surface area contributed by atoms with E-state index in [0.717, 1.165) is 31.6 Å². The zero-order valence-electron chi connectivity index (χ0n) is 22.3. The first-order valence-electron chi connectivity index (χ1n) is 12.8. The van der Waals surface area contributed by atoms with E-state index in [1.165, 1.54) is 11.1 Å². The molecule has 0 heterocycles. The van der Waals surface area contributed by atoms with Crippen molar-refractivity contribution < 1.29 is 9.53 Å². The maximum absolute atomic E-state index is 13.5. The lowest BCUT2D eigenvalue weighted by Gasteiger charge is -2.28. The predicted molar refractivity (Wildman–Crippen MR) is 153 cm³/mol. The van der Waals surface area contributed by atoms with Gasteiger partial charge in [-0.2, -0.15) is 0 Å². The summed E-state index contributed by atoms with van der Waals surface area (Å²) in [4.78, 5) is 17.6. The lowest BCUT2D eigenvalue weighted by atomic mass is 9.88. The summed E-state index contributed by atoms with van der Waals surface area (Å²) in [5.74, 6) is 0.884. The number of rotatable bonds is 14. The minimum Gasteiger partial charge on any atom is -0.497 e. The Labute approximate surface area is 221 Å². The summed E-state index contributed by atoms with van der Waals surface area (Å²) in [6.07, 6.45) is 0.794. The first-order valence-corrected chi connectivity index (χ1v) is 12.8. The minimum atomic E-state index is -0.146. The Balaban J connectivity index is 1.77. The summed E-state index contributed by atoms with van der Waals surface area (Å²) < 4.78 is 5.32. The molecule has 0 bridgehead atoms. The monoisotopic (exact) mass is 500 g/mol. The molecule has 0 atom stereocenters. The van der Waals surface area contributed by atoms with Gasteiger partial charge in [-0.15, -0.1) is 0 Å². The highest BCUT2D eigenvalue weighted by Crippen LogP contribution is 2.28. The van der Waals surface area contributed by atoms with Gasteiger partial charge in [0.1, 0.15) is 5.75 Å². The molecule has 0 radical (unpaired) electrons. The fraction of sp³-hybridized carbons (Fsp3) is 0.323. The molecule has 0 aromatic heterocycles. The van der Waals surface area contributed by atoms with Gasteiger partial charge < -0.3 is 25.2 Å². The number of likely N-dealkylation sites (N-methyl/N-ethyl adjacent to an activating group) is 2. The maximum atomic E-state index is 13.5. The molecule has 0 saturated heterocycles. The molecule has 0 fully saturated rings. The van der Waals surface area contributed by atoms with E-state index < -0.39 is 0 Å². The van der Waals surface area contributed by atoms with Crippen molar-refractivity contribution in [1.29, 1.82) is 0 Å². The summed E-state index contributed by atoms with van der Waals surface area (Å²) in [5.41, 5.74) is 4.18. The van der Waals surface area contributed by atoms with E-state index in [9.17, 15) is 4.79 Å².